The number of nitrogens with zero attached hydrogens (tertiary/aromatic N) is 3. The van der Waals surface area contributed by atoms with E-state index in [-0.39, 0.29) is 5.41 Å². The van der Waals surface area contributed by atoms with Gasteiger partial charge in [-0.3, -0.25) is 0 Å². The van der Waals surface area contributed by atoms with Crippen LogP contribution in [-0.2, 0) is 5.41 Å². The molecular weight excluding hydrogens is 260 g/mol. The van der Waals surface area contributed by atoms with Crippen molar-refractivity contribution in [3.63, 3.8) is 0 Å². The Morgan fingerprint density at radius 1 is 1.19 bits per heavy atom. The number of hydrogen-bond acceptors (Lipinski definition) is 3. The van der Waals surface area contributed by atoms with Crippen LogP contribution in [0.3, 0.4) is 0 Å². The molecular formula is C17H26N4. The average molecular weight is 286 g/mol. The van der Waals surface area contributed by atoms with Crippen molar-refractivity contribution in [1.29, 1.82) is 0 Å². The number of aromatic nitrogens is 3. The van der Waals surface area contributed by atoms with Crippen LogP contribution >= 0.6 is 0 Å². The Balaban J connectivity index is 2.02. The van der Waals surface area contributed by atoms with E-state index in [0.29, 0.717) is 5.92 Å². The molecule has 114 valence electrons. The first-order chi connectivity index (χ1) is 10.00. The van der Waals surface area contributed by atoms with Gasteiger partial charge >= 0.3 is 0 Å². The summed E-state index contributed by atoms with van der Waals surface area (Å²) in [4.78, 5) is 15.1. The Hall–Kier alpha value is -1.58. The summed E-state index contributed by atoms with van der Waals surface area (Å²) in [5, 5.41) is 0. The molecule has 0 amide bonds. The molecule has 4 nitrogen and oxygen atoms in total. The highest BCUT2D eigenvalue weighted by atomic mass is 15.2. The molecule has 3 rings (SSSR count). The number of fused-ring (bicyclic) bond motifs is 1. The fraction of sp³-hybridized carbons (Fsp3) is 0.647. The Bertz CT molecular complexity index is 621. The van der Waals surface area contributed by atoms with E-state index in [4.69, 9.17) is 4.98 Å². The highest BCUT2D eigenvalue weighted by Gasteiger charge is 2.38. The summed E-state index contributed by atoms with van der Waals surface area (Å²) in [7, 11) is 4.03. The summed E-state index contributed by atoms with van der Waals surface area (Å²) >= 11 is 0. The van der Waals surface area contributed by atoms with Gasteiger partial charge in [0, 0.05) is 19.5 Å². The van der Waals surface area contributed by atoms with Gasteiger partial charge in [-0.15, -0.1) is 0 Å². The minimum atomic E-state index is 0.243. The molecule has 0 atom stereocenters. The molecule has 2 aromatic rings. The van der Waals surface area contributed by atoms with E-state index in [9.17, 15) is 0 Å². The topological polar surface area (TPSA) is 44.8 Å². The van der Waals surface area contributed by atoms with Gasteiger partial charge in [-0.05, 0) is 37.3 Å². The first kappa shape index (κ1) is 14.4. The van der Waals surface area contributed by atoms with Crippen LogP contribution in [0.4, 0.5) is 5.82 Å². The Morgan fingerprint density at radius 2 is 1.90 bits per heavy atom. The van der Waals surface area contributed by atoms with Crippen molar-refractivity contribution < 1.29 is 0 Å². The number of anilines is 1. The maximum atomic E-state index is 4.87. The summed E-state index contributed by atoms with van der Waals surface area (Å²) in [5.74, 6) is 2.82. The smallest absolute Gasteiger partial charge is 0.179 e. The number of pyridine rings is 1. The van der Waals surface area contributed by atoms with E-state index in [2.05, 4.69) is 29.9 Å². The van der Waals surface area contributed by atoms with E-state index in [1.807, 2.05) is 25.1 Å². The fourth-order valence-electron chi connectivity index (χ4n) is 3.75. The molecule has 21 heavy (non-hydrogen) atoms. The number of H-pyrrole nitrogens is 1. The molecule has 1 aliphatic carbocycles. The molecule has 1 saturated carbocycles. The molecule has 0 bridgehead atoms. The Morgan fingerprint density at radius 3 is 2.52 bits per heavy atom. The number of aromatic amines is 1. The molecule has 0 unspecified atom stereocenters. The summed E-state index contributed by atoms with van der Waals surface area (Å²) < 4.78 is 0. The molecule has 1 fully saturated rings. The molecule has 2 aromatic heterocycles. The average Bonchev–Trinajstić information content (AvgIpc) is 3.03. The van der Waals surface area contributed by atoms with E-state index in [1.165, 1.54) is 32.1 Å². The van der Waals surface area contributed by atoms with Gasteiger partial charge in [0.05, 0.1) is 5.52 Å². The maximum absolute atomic E-state index is 4.87. The molecule has 0 spiro atoms. The van der Waals surface area contributed by atoms with Crippen molar-refractivity contribution in [2.75, 3.05) is 19.0 Å². The van der Waals surface area contributed by atoms with Gasteiger partial charge in [0.25, 0.3) is 0 Å². The summed E-state index contributed by atoms with van der Waals surface area (Å²) in [6.07, 6.45) is 6.37. The predicted molar refractivity (Wildman–Crippen MR) is 87.8 cm³/mol. The summed E-state index contributed by atoms with van der Waals surface area (Å²) in [6.45, 7) is 4.62. The second-order valence-corrected chi connectivity index (χ2v) is 7.11. The van der Waals surface area contributed by atoms with Gasteiger partial charge in [0.15, 0.2) is 5.65 Å². The minimum absolute atomic E-state index is 0.243. The zero-order chi connectivity index (χ0) is 15.0. The van der Waals surface area contributed by atoms with Gasteiger partial charge < -0.3 is 9.88 Å². The minimum Gasteiger partial charge on any atom is -0.363 e. The number of hydrogen-bond donors (Lipinski definition) is 1. The molecule has 4 heteroatoms. The SMILES string of the molecule is CC(C)CC1(c2nc3nc(N(C)C)ccc3[nH]2)CCCC1. The third-order valence-electron chi connectivity index (χ3n) is 4.65. The molecule has 0 radical (unpaired) electrons. The summed E-state index contributed by atoms with van der Waals surface area (Å²) in [5.41, 5.74) is 2.16. The summed E-state index contributed by atoms with van der Waals surface area (Å²) in [6, 6.07) is 4.15. The van der Waals surface area contributed by atoms with Crippen molar-refractivity contribution >= 4 is 17.0 Å². The number of nitrogens with one attached hydrogen (secondary N) is 1. The lowest BCUT2D eigenvalue weighted by Crippen LogP contribution is -2.25. The van der Waals surface area contributed by atoms with Crippen LogP contribution in [0.25, 0.3) is 11.2 Å². The monoisotopic (exact) mass is 286 g/mol. The van der Waals surface area contributed by atoms with Gasteiger partial charge in [-0.25, -0.2) is 9.97 Å². The van der Waals surface area contributed by atoms with Crippen LogP contribution in [0.15, 0.2) is 12.1 Å². The van der Waals surface area contributed by atoms with Crippen LogP contribution in [-0.4, -0.2) is 29.0 Å². The lowest BCUT2D eigenvalue weighted by Gasteiger charge is -2.28. The van der Waals surface area contributed by atoms with E-state index in [1.54, 1.807) is 0 Å². The van der Waals surface area contributed by atoms with E-state index in [0.717, 1.165) is 22.8 Å². The number of rotatable bonds is 4. The largest absolute Gasteiger partial charge is 0.363 e. The lowest BCUT2D eigenvalue weighted by atomic mass is 9.78. The van der Waals surface area contributed by atoms with Crippen LogP contribution in [0.5, 0.6) is 0 Å². The molecule has 1 N–H and O–H groups in total. The van der Waals surface area contributed by atoms with Gasteiger partial charge in [0.1, 0.15) is 11.6 Å². The normalized spacial score (nSPS) is 17.8. The number of imidazole rings is 1. The Kier molecular flexibility index (Phi) is 3.64. The van der Waals surface area contributed by atoms with Crippen LogP contribution in [0.2, 0.25) is 0 Å². The van der Waals surface area contributed by atoms with Crippen LogP contribution < -0.4 is 4.90 Å². The second kappa shape index (κ2) is 5.32. The highest BCUT2D eigenvalue weighted by Crippen LogP contribution is 2.44. The van der Waals surface area contributed by atoms with E-state index >= 15 is 0 Å². The van der Waals surface area contributed by atoms with Crippen LogP contribution in [0, 0.1) is 5.92 Å². The first-order valence-electron chi connectivity index (χ1n) is 8.05. The highest BCUT2D eigenvalue weighted by molar-refractivity contribution is 5.73. The predicted octanol–water partition coefficient (Wildman–Crippen LogP) is 3.88. The molecule has 0 aliphatic heterocycles. The molecule has 0 aromatic carbocycles. The zero-order valence-electron chi connectivity index (χ0n) is 13.6. The van der Waals surface area contributed by atoms with Gasteiger partial charge in [-0.1, -0.05) is 26.7 Å². The van der Waals surface area contributed by atoms with Crippen molar-refractivity contribution in [2.24, 2.45) is 5.92 Å². The zero-order valence-corrected chi connectivity index (χ0v) is 13.6. The first-order valence-corrected chi connectivity index (χ1v) is 8.05. The van der Waals surface area contributed by atoms with Crippen molar-refractivity contribution in [2.45, 2.75) is 51.4 Å². The Labute approximate surface area is 127 Å². The quantitative estimate of drug-likeness (QED) is 0.927. The van der Waals surface area contributed by atoms with Crippen LogP contribution in [0.1, 0.15) is 51.8 Å². The third-order valence-corrected chi connectivity index (χ3v) is 4.65. The van der Waals surface area contributed by atoms with Crippen molar-refractivity contribution in [3.8, 4) is 0 Å². The van der Waals surface area contributed by atoms with Crippen molar-refractivity contribution in [3.05, 3.63) is 18.0 Å². The molecule has 0 saturated heterocycles. The second-order valence-electron chi connectivity index (χ2n) is 7.11. The molecule has 1 aliphatic rings. The van der Waals surface area contributed by atoms with Gasteiger partial charge in [0.2, 0.25) is 0 Å². The van der Waals surface area contributed by atoms with Gasteiger partial charge in [-0.2, -0.15) is 0 Å². The fourth-order valence-corrected chi connectivity index (χ4v) is 3.75. The lowest BCUT2D eigenvalue weighted by molar-refractivity contribution is 0.332. The molecule has 2 heterocycles. The third kappa shape index (κ3) is 2.63. The maximum Gasteiger partial charge on any atom is 0.179 e. The standard InChI is InChI=1S/C17H26N4/c1-12(2)11-17(9-5-6-10-17)16-18-13-7-8-14(21(3)4)19-15(13)20-16/h7-8,12H,5-6,9-11H2,1-4H3,(H,18,19,20). The van der Waals surface area contributed by atoms with E-state index < -0.39 is 0 Å². The van der Waals surface area contributed by atoms with Crippen molar-refractivity contribution in [1.82, 2.24) is 15.0 Å².